The number of amides is 2. The maximum absolute atomic E-state index is 11.9. The standard InChI is InChI=1S/C12H18F3N3O3/c1-7(16-2)3-4-10(19)17-18-11(20)8-5-9(6-8)21-12(13,14)15/h8-9,16H,1,3-6H2,2H3,(H,17,19)(H,18,20). The number of alkyl halides is 3. The fourth-order valence-electron chi connectivity index (χ4n) is 1.75. The Labute approximate surface area is 120 Å². The maximum Gasteiger partial charge on any atom is 0.522 e. The molecule has 0 radical (unpaired) electrons. The lowest BCUT2D eigenvalue weighted by Crippen LogP contribution is -2.49. The highest BCUT2D eigenvalue weighted by molar-refractivity contribution is 5.83. The second-order valence-corrected chi connectivity index (χ2v) is 4.74. The molecule has 0 atom stereocenters. The number of rotatable bonds is 6. The molecule has 3 N–H and O–H groups in total. The van der Waals surface area contributed by atoms with Crippen LogP contribution in [-0.4, -0.2) is 31.3 Å². The molecule has 1 aliphatic rings. The van der Waals surface area contributed by atoms with Crippen molar-refractivity contribution in [2.24, 2.45) is 5.92 Å². The summed E-state index contributed by atoms with van der Waals surface area (Å²) in [6.45, 7) is 3.64. The van der Waals surface area contributed by atoms with Crippen LogP contribution in [0.3, 0.4) is 0 Å². The first-order valence-electron chi connectivity index (χ1n) is 6.40. The van der Waals surface area contributed by atoms with Gasteiger partial charge in [-0.05, 0) is 19.3 Å². The van der Waals surface area contributed by atoms with Gasteiger partial charge >= 0.3 is 6.36 Å². The largest absolute Gasteiger partial charge is 0.522 e. The molecule has 2 amide bonds. The number of hydrogen-bond acceptors (Lipinski definition) is 4. The molecule has 21 heavy (non-hydrogen) atoms. The predicted molar refractivity (Wildman–Crippen MR) is 67.4 cm³/mol. The number of hydrogen-bond donors (Lipinski definition) is 3. The van der Waals surface area contributed by atoms with E-state index in [2.05, 4.69) is 27.5 Å². The van der Waals surface area contributed by atoms with Crippen molar-refractivity contribution in [2.45, 2.75) is 38.1 Å². The average Bonchev–Trinajstić information content (AvgIpc) is 2.35. The van der Waals surface area contributed by atoms with E-state index in [1.54, 1.807) is 7.05 Å². The highest BCUT2D eigenvalue weighted by Crippen LogP contribution is 2.34. The van der Waals surface area contributed by atoms with Crippen molar-refractivity contribution in [3.63, 3.8) is 0 Å². The Bertz CT molecular complexity index is 406. The lowest BCUT2D eigenvalue weighted by molar-refractivity contribution is -0.353. The number of carbonyl (C=O) groups is 2. The Hall–Kier alpha value is -1.77. The zero-order valence-electron chi connectivity index (χ0n) is 11.5. The van der Waals surface area contributed by atoms with Crippen LogP contribution in [0.2, 0.25) is 0 Å². The first kappa shape index (κ1) is 17.3. The third-order valence-corrected chi connectivity index (χ3v) is 3.10. The Kier molecular flexibility index (Phi) is 6.01. The van der Waals surface area contributed by atoms with E-state index in [0.29, 0.717) is 12.1 Å². The molecule has 1 rings (SSSR count). The monoisotopic (exact) mass is 309 g/mol. The van der Waals surface area contributed by atoms with Gasteiger partial charge in [0.25, 0.3) is 0 Å². The van der Waals surface area contributed by atoms with Crippen LogP contribution in [0.4, 0.5) is 13.2 Å². The molecule has 6 nitrogen and oxygen atoms in total. The van der Waals surface area contributed by atoms with E-state index in [0.717, 1.165) is 0 Å². The van der Waals surface area contributed by atoms with Crippen molar-refractivity contribution >= 4 is 11.8 Å². The zero-order chi connectivity index (χ0) is 16.0. The van der Waals surface area contributed by atoms with Crippen molar-refractivity contribution < 1.29 is 27.5 Å². The Morgan fingerprint density at radius 2 is 1.86 bits per heavy atom. The van der Waals surface area contributed by atoms with Crippen LogP contribution in [0.25, 0.3) is 0 Å². The number of ether oxygens (including phenoxy) is 1. The zero-order valence-corrected chi connectivity index (χ0v) is 11.5. The van der Waals surface area contributed by atoms with Gasteiger partial charge in [-0.25, -0.2) is 0 Å². The minimum atomic E-state index is -4.68. The Morgan fingerprint density at radius 3 is 2.38 bits per heavy atom. The molecule has 0 aromatic rings. The van der Waals surface area contributed by atoms with E-state index in [4.69, 9.17) is 0 Å². The van der Waals surface area contributed by atoms with Gasteiger partial charge in [0.2, 0.25) is 11.8 Å². The SMILES string of the molecule is C=C(CCC(=O)NNC(=O)C1CC(OC(F)(F)F)C1)NC. The maximum atomic E-state index is 11.9. The lowest BCUT2D eigenvalue weighted by atomic mass is 9.82. The Morgan fingerprint density at radius 1 is 1.24 bits per heavy atom. The molecule has 0 aromatic carbocycles. The molecule has 1 aliphatic carbocycles. The van der Waals surface area contributed by atoms with Crippen LogP contribution in [0.15, 0.2) is 12.3 Å². The fraction of sp³-hybridized carbons (Fsp3) is 0.667. The molecule has 9 heteroatoms. The normalized spacial score (nSPS) is 21.1. The van der Waals surface area contributed by atoms with E-state index in [9.17, 15) is 22.8 Å². The van der Waals surface area contributed by atoms with E-state index < -0.39 is 30.2 Å². The summed E-state index contributed by atoms with van der Waals surface area (Å²) < 4.78 is 39.5. The van der Waals surface area contributed by atoms with Crippen molar-refractivity contribution in [3.05, 3.63) is 12.3 Å². The average molecular weight is 309 g/mol. The molecule has 0 heterocycles. The van der Waals surface area contributed by atoms with Crippen molar-refractivity contribution in [2.75, 3.05) is 7.05 Å². The summed E-state index contributed by atoms with van der Waals surface area (Å²) >= 11 is 0. The minimum Gasteiger partial charge on any atom is -0.392 e. The summed E-state index contributed by atoms with van der Waals surface area (Å²) in [5.74, 6) is -1.50. The predicted octanol–water partition coefficient (Wildman–Crippen LogP) is 0.962. The first-order valence-corrected chi connectivity index (χ1v) is 6.40. The number of halogens is 3. The van der Waals surface area contributed by atoms with Crippen molar-refractivity contribution in [3.8, 4) is 0 Å². The summed E-state index contributed by atoms with van der Waals surface area (Å²) in [5, 5.41) is 2.78. The minimum absolute atomic E-state index is 0.0161. The molecular weight excluding hydrogens is 291 g/mol. The summed E-state index contributed by atoms with van der Waals surface area (Å²) in [6, 6.07) is 0. The lowest BCUT2D eigenvalue weighted by Gasteiger charge is -2.34. The second-order valence-electron chi connectivity index (χ2n) is 4.74. The van der Waals surface area contributed by atoms with E-state index in [-0.39, 0.29) is 19.3 Å². The number of nitrogens with one attached hydrogen (secondary N) is 3. The first-order chi connectivity index (χ1) is 9.71. The van der Waals surface area contributed by atoms with Gasteiger partial charge in [0.1, 0.15) is 0 Å². The van der Waals surface area contributed by atoms with Crippen LogP contribution in [-0.2, 0) is 14.3 Å². The summed E-state index contributed by atoms with van der Waals surface area (Å²) in [4.78, 5) is 22.9. The molecule has 0 bridgehead atoms. The molecule has 0 aliphatic heterocycles. The smallest absolute Gasteiger partial charge is 0.392 e. The second kappa shape index (κ2) is 7.30. The molecular formula is C12H18F3N3O3. The van der Waals surface area contributed by atoms with Gasteiger partial charge in [0, 0.05) is 25.1 Å². The van der Waals surface area contributed by atoms with Crippen LogP contribution in [0, 0.1) is 5.92 Å². The van der Waals surface area contributed by atoms with Crippen LogP contribution in [0.1, 0.15) is 25.7 Å². The number of carbonyl (C=O) groups excluding carboxylic acids is 2. The van der Waals surface area contributed by atoms with Gasteiger partial charge in [0.05, 0.1) is 6.10 Å². The van der Waals surface area contributed by atoms with Gasteiger partial charge in [-0.15, -0.1) is 13.2 Å². The fourth-order valence-corrected chi connectivity index (χ4v) is 1.75. The molecule has 0 spiro atoms. The van der Waals surface area contributed by atoms with Gasteiger partial charge in [-0.2, -0.15) is 0 Å². The van der Waals surface area contributed by atoms with Crippen LogP contribution >= 0.6 is 0 Å². The van der Waals surface area contributed by atoms with Gasteiger partial charge < -0.3 is 5.32 Å². The van der Waals surface area contributed by atoms with Crippen molar-refractivity contribution in [1.29, 1.82) is 0 Å². The van der Waals surface area contributed by atoms with Crippen molar-refractivity contribution in [1.82, 2.24) is 16.2 Å². The number of allylic oxidation sites excluding steroid dienone is 1. The highest BCUT2D eigenvalue weighted by atomic mass is 19.4. The van der Waals surface area contributed by atoms with Gasteiger partial charge in [-0.1, -0.05) is 6.58 Å². The van der Waals surface area contributed by atoms with Gasteiger partial charge in [0.15, 0.2) is 0 Å². The van der Waals surface area contributed by atoms with E-state index >= 15 is 0 Å². The summed E-state index contributed by atoms with van der Waals surface area (Å²) in [7, 11) is 1.68. The third kappa shape index (κ3) is 6.48. The van der Waals surface area contributed by atoms with E-state index in [1.807, 2.05) is 0 Å². The topological polar surface area (TPSA) is 79.5 Å². The number of hydrazine groups is 1. The molecule has 1 saturated carbocycles. The Balaban J connectivity index is 2.15. The molecule has 0 saturated heterocycles. The summed E-state index contributed by atoms with van der Waals surface area (Å²) in [5.41, 5.74) is 5.07. The quantitative estimate of drug-likeness (QED) is 0.639. The van der Waals surface area contributed by atoms with E-state index in [1.165, 1.54) is 0 Å². The van der Waals surface area contributed by atoms with Crippen LogP contribution < -0.4 is 16.2 Å². The van der Waals surface area contributed by atoms with Crippen LogP contribution in [0.5, 0.6) is 0 Å². The van der Waals surface area contributed by atoms with Gasteiger partial charge in [-0.3, -0.25) is 25.2 Å². The third-order valence-electron chi connectivity index (χ3n) is 3.10. The molecule has 120 valence electrons. The summed E-state index contributed by atoms with van der Waals surface area (Å²) in [6.07, 6.45) is -5.14. The molecule has 0 unspecified atom stereocenters. The highest BCUT2D eigenvalue weighted by Gasteiger charge is 2.42. The molecule has 0 aromatic heterocycles. The molecule has 1 fully saturated rings.